The van der Waals surface area contributed by atoms with Crippen LogP contribution in [0.2, 0.25) is 0 Å². The quantitative estimate of drug-likeness (QED) is 0.748. The Labute approximate surface area is 132 Å². The van der Waals surface area contributed by atoms with Crippen molar-refractivity contribution in [3.8, 4) is 5.75 Å². The van der Waals surface area contributed by atoms with E-state index < -0.39 is 20.0 Å². The number of nitrogens with one attached hydrogen (secondary N) is 1. The summed E-state index contributed by atoms with van der Waals surface area (Å²) in [6.07, 6.45) is 2.12. The lowest BCUT2D eigenvalue weighted by Crippen LogP contribution is -2.37. The lowest BCUT2D eigenvalue weighted by Gasteiger charge is -2.22. The van der Waals surface area contributed by atoms with Gasteiger partial charge in [-0.3, -0.25) is 4.31 Å². The Morgan fingerprint density at radius 1 is 1.09 bits per heavy atom. The van der Waals surface area contributed by atoms with Gasteiger partial charge in [-0.15, -0.1) is 0 Å². The third kappa shape index (κ3) is 6.63. The van der Waals surface area contributed by atoms with Gasteiger partial charge in [0.25, 0.3) is 0 Å². The lowest BCUT2D eigenvalue weighted by molar-refractivity contribution is 0.242. The van der Waals surface area contributed by atoms with Gasteiger partial charge in [0.15, 0.2) is 0 Å². The molecule has 1 N–H and O–H groups in total. The van der Waals surface area contributed by atoms with Crippen LogP contribution in [0.15, 0.2) is 24.3 Å². The molecule has 0 saturated carbocycles. The number of anilines is 1. The molecule has 0 aliphatic carbocycles. The maximum atomic E-state index is 11.9. The second kappa shape index (κ2) is 7.30. The number of sulfonamides is 2. The van der Waals surface area contributed by atoms with Gasteiger partial charge in [0.1, 0.15) is 5.75 Å². The first-order valence-electron chi connectivity index (χ1n) is 6.68. The Balaban J connectivity index is 2.89. The van der Waals surface area contributed by atoms with Crippen LogP contribution in [0.4, 0.5) is 5.69 Å². The van der Waals surface area contributed by atoms with Crippen molar-refractivity contribution in [2.45, 2.75) is 20.0 Å². The van der Waals surface area contributed by atoms with Gasteiger partial charge in [0.05, 0.1) is 24.3 Å². The van der Waals surface area contributed by atoms with Crippen molar-refractivity contribution in [3.63, 3.8) is 0 Å². The van der Waals surface area contributed by atoms with Crippen molar-refractivity contribution >= 4 is 25.7 Å². The fraction of sp³-hybridized carbons (Fsp3) is 0.538. The zero-order valence-electron chi connectivity index (χ0n) is 13.1. The fourth-order valence-electron chi connectivity index (χ4n) is 1.78. The van der Waals surface area contributed by atoms with Crippen molar-refractivity contribution in [3.05, 3.63) is 24.3 Å². The Bertz CT molecular complexity index is 682. The summed E-state index contributed by atoms with van der Waals surface area (Å²) in [7, 11) is -6.87. The molecule has 1 aromatic carbocycles. The summed E-state index contributed by atoms with van der Waals surface area (Å²) in [5.74, 6) is 0.640. The fourth-order valence-corrected chi connectivity index (χ4v) is 3.17. The average molecular weight is 350 g/mol. The molecule has 0 atom stereocenters. The molecule has 0 aromatic heterocycles. The molecule has 1 aromatic rings. The van der Waals surface area contributed by atoms with Crippen LogP contribution in [0, 0.1) is 0 Å². The smallest absolute Gasteiger partial charge is 0.232 e. The molecule has 1 rings (SSSR count). The highest BCUT2D eigenvalue weighted by molar-refractivity contribution is 7.92. The molecule has 9 heteroatoms. The van der Waals surface area contributed by atoms with E-state index in [2.05, 4.69) is 4.72 Å². The van der Waals surface area contributed by atoms with Crippen molar-refractivity contribution in [1.82, 2.24) is 4.72 Å². The van der Waals surface area contributed by atoms with Crippen LogP contribution in [0.3, 0.4) is 0 Å². The maximum Gasteiger partial charge on any atom is 0.232 e. The molecular formula is C13H22N2O5S2. The number of nitrogens with zero attached hydrogens (tertiary/aromatic N) is 1. The molecule has 0 spiro atoms. The van der Waals surface area contributed by atoms with E-state index in [1.165, 1.54) is 0 Å². The summed E-state index contributed by atoms with van der Waals surface area (Å²) < 4.78 is 54.8. The van der Waals surface area contributed by atoms with Gasteiger partial charge in [0, 0.05) is 13.1 Å². The van der Waals surface area contributed by atoms with Gasteiger partial charge < -0.3 is 4.74 Å². The SMILES string of the molecule is CC(C)Oc1ccc(N(CCNS(C)(=O)=O)S(C)(=O)=O)cc1. The van der Waals surface area contributed by atoms with E-state index in [1.54, 1.807) is 24.3 Å². The highest BCUT2D eigenvalue weighted by Gasteiger charge is 2.17. The molecule has 0 amide bonds. The van der Waals surface area contributed by atoms with E-state index in [9.17, 15) is 16.8 Å². The number of rotatable bonds is 8. The number of hydrogen-bond donors (Lipinski definition) is 1. The summed E-state index contributed by atoms with van der Waals surface area (Å²) >= 11 is 0. The first-order chi connectivity index (χ1) is 9.99. The van der Waals surface area contributed by atoms with E-state index in [0.717, 1.165) is 16.8 Å². The summed E-state index contributed by atoms with van der Waals surface area (Å²) in [6, 6.07) is 6.60. The largest absolute Gasteiger partial charge is 0.491 e. The van der Waals surface area contributed by atoms with Crippen LogP contribution in [-0.2, 0) is 20.0 Å². The van der Waals surface area contributed by atoms with E-state index in [-0.39, 0.29) is 19.2 Å². The molecule has 0 aliphatic rings. The molecule has 0 radical (unpaired) electrons. The zero-order valence-corrected chi connectivity index (χ0v) is 14.7. The van der Waals surface area contributed by atoms with Gasteiger partial charge in [-0.25, -0.2) is 21.6 Å². The highest BCUT2D eigenvalue weighted by Crippen LogP contribution is 2.22. The Morgan fingerprint density at radius 2 is 1.64 bits per heavy atom. The molecule has 0 saturated heterocycles. The second-order valence-electron chi connectivity index (χ2n) is 5.16. The van der Waals surface area contributed by atoms with Gasteiger partial charge in [-0.2, -0.15) is 0 Å². The first-order valence-corrected chi connectivity index (χ1v) is 10.4. The number of ether oxygens (including phenoxy) is 1. The van der Waals surface area contributed by atoms with Crippen molar-refractivity contribution in [2.24, 2.45) is 0 Å². The highest BCUT2D eigenvalue weighted by atomic mass is 32.2. The summed E-state index contributed by atoms with van der Waals surface area (Å²) in [5, 5.41) is 0. The van der Waals surface area contributed by atoms with Crippen molar-refractivity contribution < 1.29 is 21.6 Å². The zero-order chi connectivity index (χ0) is 17.0. The second-order valence-corrected chi connectivity index (χ2v) is 8.90. The van der Waals surface area contributed by atoms with Crippen LogP contribution in [-0.4, -0.2) is 48.5 Å². The molecule has 0 aliphatic heterocycles. The Hall–Kier alpha value is -1.32. The topological polar surface area (TPSA) is 92.8 Å². The summed E-state index contributed by atoms with van der Waals surface area (Å²) in [4.78, 5) is 0. The standard InChI is InChI=1S/C13H22N2O5S2/c1-11(2)20-13-7-5-12(6-8-13)15(22(4,18)19)10-9-14-21(3,16)17/h5-8,11,14H,9-10H2,1-4H3. The minimum Gasteiger partial charge on any atom is -0.491 e. The van der Waals surface area contributed by atoms with Gasteiger partial charge >= 0.3 is 0 Å². The van der Waals surface area contributed by atoms with Crippen molar-refractivity contribution in [2.75, 3.05) is 29.9 Å². The van der Waals surface area contributed by atoms with E-state index in [4.69, 9.17) is 4.74 Å². The average Bonchev–Trinajstić information content (AvgIpc) is 2.32. The van der Waals surface area contributed by atoms with Crippen LogP contribution in [0.5, 0.6) is 5.75 Å². The molecule has 0 heterocycles. The minimum atomic E-state index is -3.51. The first kappa shape index (κ1) is 18.7. The van der Waals surface area contributed by atoms with Crippen LogP contribution in [0.1, 0.15) is 13.8 Å². The van der Waals surface area contributed by atoms with Gasteiger partial charge in [0.2, 0.25) is 20.0 Å². The van der Waals surface area contributed by atoms with Gasteiger partial charge in [-0.05, 0) is 38.1 Å². The molecule has 126 valence electrons. The third-order valence-corrected chi connectivity index (χ3v) is 4.50. The Kier molecular flexibility index (Phi) is 6.21. The lowest BCUT2D eigenvalue weighted by atomic mass is 10.3. The molecule has 0 bridgehead atoms. The van der Waals surface area contributed by atoms with Crippen molar-refractivity contribution in [1.29, 1.82) is 0 Å². The van der Waals surface area contributed by atoms with Crippen LogP contribution >= 0.6 is 0 Å². The monoisotopic (exact) mass is 350 g/mol. The molecule has 22 heavy (non-hydrogen) atoms. The predicted molar refractivity (Wildman–Crippen MR) is 87.2 cm³/mol. The molecular weight excluding hydrogens is 328 g/mol. The normalized spacial score (nSPS) is 12.4. The Morgan fingerprint density at radius 3 is 2.05 bits per heavy atom. The maximum absolute atomic E-state index is 11.9. The number of benzene rings is 1. The van der Waals surface area contributed by atoms with E-state index in [0.29, 0.717) is 11.4 Å². The summed E-state index contributed by atoms with van der Waals surface area (Å²) in [5.41, 5.74) is 0.453. The molecule has 7 nitrogen and oxygen atoms in total. The summed E-state index contributed by atoms with van der Waals surface area (Å²) in [6.45, 7) is 3.80. The predicted octanol–water partition coefficient (Wildman–Crippen LogP) is 0.789. The van der Waals surface area contributed by atoms with E-state index >= 15 is 0 Å². The molecule has 0 fully saturated rings. The third-order valence-electron chi connectivity index (χ3n) is 2.58. The van der Waals surface area contributed by atoms with Crippen LogP contribution in [0.25, 0.3) is 0 Å². The van der Waals surface area contributed by atoms with E-state index in [1.807, 2.05) is 13.8 Å². The van der Waals surface area contributed by atoms with Gasteiger partial charge in [-0.1, -0.05) is 0 Å². The van der Waals surface area contributed by atoms with Crippen LogP contribution < -0.4 is 13.8 Å². The number of hydrogen-bond acceptors (Lipinski definition) is 5. The minimum absolute atomic E-state index is 0.00382. The molecule has 0 unspecified atom stereocenters.